The molecule has 0 aliphatic heterocycles. The van der Waals surface area contributed by atoms with Crippen LogP contribution in [0.2, 0.25) is 0 Å². The number of rotatable bonds is 6. The first kappa shape index (κ1) is 10.9. The van der Waals surface area contributed by atoms with Gasteiger partial charge in [-0.3, -0.25) is 0 Å². The number of hydrogen-bond acceptors (Lipinski definition) is 3. The molecule has 0 aliphatic rings. The SMILES string of the molecule is CC(C)[C@@H](CO)NCCCN. The third-order valence-corrected chi connectivity index (χ3v) is 1.79. The summed E-state index contributed by atoms with van der Waals surface area (Å²) in [5.41, 5.74) is 5.33. The summed E-state index contributed by atoms with van der Waals surface area (Å²) in [5, 5.41) is 12.1. The maximum atomic E-state index is 8.90. The molecule has 0 unspecified atom stereocenters. The fraction of sp³-hybridized carbons (Fsp3) is 1.00. The molecule has 0 aromatic heterocycles. The molecule has 0 heterocycles. The summed E-state index contributed by atoms with van der Waals surface area (Å²) in [5.74, 6) is 0.484. The normalized spacial score (nSPS) is 13.9. The van der Waals surface area contributed by atoms with Crippen LogP contribution >= 0.6 is 0 Å². The molecule has 0 fully saturated rings. The van der Waals surface area contributed by atoms with Gasteiger partial charge in [0.05, 0.1) is 6.61 Å². The van der Waals surface area contributed by atoms with Crippen LogP contribution in [0, 0.1) is 5.92 Å². The smallest absolute Gasteiger partial charge is 0.0587 e. The van der Waals surface area contributed by atoms with Crippen LogP contribution in [-0.2, 0) is 0 Å². The van der Waals surface area contributed by atoms with Crippen molar-refractivity contribution >= 4 is 0 Å². The maximum absolute atomic E-state index is 8.90. The van der Waals surface area contributed by atoms with E-state index in [1.54, 1.807) is 0 Å². The van der Waals surface area contributed by atoms with Crippen molar-refractivity contribution in [1.82, 2.24) is 5.32 Å². The van der Waals surface area contributed by atoms with Crippen molar-refractivity contribution in [2.24, 2.45) is 11.7 Å². The van der Waals surface area contributed by atoms with Crippen molar-refractivity contribution in [3.05, 3.63) is 0 Å². The van der Waals surface area contributed by atoms with Gasteiger partial charge in [0.15, 0.2) is 0 Å². The highest BCUT2D eigenvalue weighted by Gasteiger charge is 2.09. The Morgan fingerprint density at radius 2 is 2.09 bits per heavy atom. The standard InChI is InChI=1S/C8H20N2O/c1-7(2)8(6-11)10-5-3-4-9/h7-8,10-11H,3-6,9H2,1-2H3/t8-/m1/s1. The Labute approximate surface area is 69.0 Å². The van der Waals surface area contributed by atoms with Gasteiger partial charge in [-0.2, -0.15) is 0 Å². The van der Waals surface area contributed by atoms with Crippen LogP contribution in [0.15, 0.2) is 0 Å². The topological polar surface area (TPSA) is 58.3 Å². The lowest BCUT2D eigenvalue weighted by molar-refractivity contribution is 0.211. The van der Waals surface area contributed by atoms with E-state index in [1.807, 2.05) is 0 Å². The predicted molar refractivity (Wildman–Crippen MR) is 47.4 cm³/mol. The minimum Gasteiger partial charge on any atom is -0.395 e. The van der Waals surface area contributed by atoms with Gasteiger partial charge < -0.3 is 16.2 Å². The lowest BCUT2D eigenvalue weighted by Gasteiger charge is -2.19. The first-order chi connectivity index (χ1) is 5.22. The molecule has 0 aliphatic carbocycles. The molecule has 4 N–H and O–H groups in total. The molecule has 0 aromatic rings. The van der Waals surface area contributed by atoms with Crippen LogP contribution in [0.4, 0.5) is 0 Å². The van der Waals surface area contributed by atoms with E-state index in [-0.39, 0.29) is 12.6 Å². The van der Waals surface area contributed by atoms with E-state index < -0.39 is 0 Å². The highest BCUT2D eigenvalue weighted by Crippen LogP contribution is 1.99. The minimum absolute atomic E-state index is 0.211. The van der Waals surface area contributed by atoms with Crippen molar-refractivity contribution in [2.45, 2.75) is 26.3 Å². The van der Waals surface area contributed by atoms with Crippen LogP contribution in [0.25, 0.3) is 0 Å². The highest BCUT2D eigenvalue weighted by atomic mass is 16.3. The van der Waals surface area contributed by atoms with Crippen molar-refractivity contribution in [2.75, 3.05) is 19.7 Å². The predicted octanol–water partition coefficient (Wildman–Crippen LogP) is -0.0583. The molecule has 0 amide bonds. The lowest BCUT2D eigenvalue weighted by atomic mass is 10.1. The monoisotopic (exact) mass is 160 g/mol. The molecular formula is C8H20N2O. The number of aliphatic hydroxyl groups is 1. The zero-order valence-corrected chi connectivity index (χ0v) is 7.51. The van der Waals surface area contributed by atoms with Gasteiger partial charge in [0.2, 0.25) is 0 Å². The van der Waals surface area contributed by atoms with Crippen molar-refractivity contribution in [3.8, 4) is 0 Å². The Balaban J connectivity index is 3.36. The van der Waals surface area contributed by atoms with Gasteiger partial charge in [-0.1, -0.05) is 13.8 Å². The highest BCUT2D eigenvalue weighted by molar-refractivity contribution is 4.68. The third-order valence-electron chi connectivity index (χ3n) is 1.79. The third kappa shape index (κ3) is 5.18. The second kappa shape index (κ2) is 6.58. The van der Waals surface area contributed by atoms with Gasteiger partial charge in [-0.15, -0.1) is 0 Å². The van der Waals surface area contributed by atoms with Crippen LogP contribution in [0.5, 0.6) is 0 Å². The van der Waals surface area contributed by atoms with E-state index in [4.69, 9.17) is 10.8 Å². The first-order valence-electron chi connectivity index (χ1n) is 4.26. The fourth-order valence-corrected chi connectivity index (χ4v) is 0.901. The lowest BCUT2D eigenvalue weighted by Crippen LogP contribution is -2.38. The van der Waals surface area contributed by atoms with E-state index in [2.05, 4.69) is 19.2 Å². The second-order valence-corrected chi connectivity index (χ2v) is 3.13. The Morgan fingerprint density at radius 3 is 2.45 bits per heavy atom. The van der Waals surface area contributed by atoms with Crippen molar-refractivity contribution in [3.63, 3.8) is 0 Å². The van der Waals surface area contributed by atoms with Gasteiger partial charge in [-0.25, -0.2) is 0 Å². The van der Waals surface area contributed by atoms with Crippen molar-refractivity contribution in [1.29, 1.82) is 0 Å². The van der Waals surface area contributed by atoms with Crippen molar-refractivity contribution < 1.29 is 5.11 Å². The quantitative estimate of drug-likeness (QED) is 0.477. The fourth-order valence-electron chi connectivity index (χ4n) is 0.901. The summed E-state index contributed by atoms with van der Waals surface area (Å²) < 4.78 is 0. The molecule has 0 saturated heterocycles. The molecule has 68 valence electrons. The molecule has 0 bridgehead atoms. The summed E-state index contributed by atoms with van der Waals surface area (Å²) in [6.45, 7) is 6.01. The molecule has 1 atom stereocenters. The van der Waals surface area contributed by atoms with Gasteiger partial charge in [0.1, 0.15) is 0 Å². The molecule has 0 radical (unpaired) electrons. The van der Waals surface area contributed by atoms with E-state index in [1.165, 1.54) is 0 Å². The summed E-state index contributed by atoms with van der Waals surface area (Å²) in [6, 6.07) is 0.224. The van der Waals surface area contributed by atoms with E-state index in [9.17, 15) is 0 Å². The molecule has 3 heteroatoms. The summed E-state index contributed by atoms with van der Waals surface area (Å²) in [6.07, 6.45) is 0.975. The Hall–Kier alpha value is -0.120. The number of aliphatic hydroxyl groups excluding tert-OH is 1. The molecule has 0 aromatic carbocycles. The van der Waals surface area contributed by atoms with Crippen LogP contribution in [0.3, 0.4) is 0 Å². The number of nitrogens with two attached hydrogens (primary N) is 1. The Kier molecular flexibility index (Phi) is 6.51. The van der Waals surface area contributed by atoms with Gasteiger partial charge in [-0.05, 0) is 25.4 Å². The molecule has 3 nitrogen and oxygen atoms in total. The van der Waals surface area contributed by atoms with Crippen LogP contribution < -0.4 is 11.1 Å². The largest absolute Gasteiger partial charge is 0.395 e. The second-order valence-electron chi connectivity index (χ2n) is 3.13. The zero-order chi connectivity index (χ0) is 8.69. The Morgan fingerprint density at radius 1 is 1.45 bits per heavy atom. The zero-order valence-electron chi connectivity index (χ0n) is 7.51. The van der Waals surface area contributed by atoms with E-state index in [0.717, 1.165) is 13.0 Å². The molecule has 0 saturated carbocycles. The van der Waals surface area contributed by atoms with Gasteiger partial charge >= 0.3 is 0 Å². The van der Waals surface area contributed by atoms with E-state index in [0.29, 0.717) is 12.5 Å². The Bertz CT molecular complexity index is 86.2. The van der Waals surface area contributed by atoms with Gasteiger partial charge in [0.25, 0.3) is 0 Å². The number of hydrogen-bond donors (Lipinski definition) is 3. The molecule has 0 spiro atoms. The summed E-state index contributed by atoms with van der Waals surface area (Å²) >= 11 is 0. The van der Waals surface area contributed by atoms with Crippen LogP contribution in [-0.4, -0.2) is 30.8 Å². The average molecular weight is 160 g/mol. The van der Waals surface area contributed by atoms with Crippen LogP contribution in [0.1, 0.15) is 20.3 Å². The molecule has 0 rings (SSSR count). The maximum Gasteiger partial charge on any atom is 0.0587 e. The van der Waals surface area contributed by atoms with E-state index >= 15 is 0 Å². The molecule has 11 heavy (non-hydrogen) atoms. The first-order valence-corrected chi connectivity index (χ1v) is 4.26. The van der Waals surface area contributed by atoms with Gasteiger partial charge in [0, 0.05) is 6.04 Å². The summed E-state index contributed by atoms with van der Waals surface area (Å²) in [4.78, 5) is 0. The number of nitrogens with one attached hydrogen (secondary N) is 1. The molecular weight excluding hydrogens is 140 g/mol. The minimum atomic E-state index is 0.211. The average Bonchev–Trinajstić information content (AvgIpc) is 1.97. The summed E-state index contributed by atoms with van der Waals surface area (Å²) in [7, 11) is 0.